The minimum atomic E-state index is 0.0418. The second-order valence-electron chi connectivity index (χ2n) is 5.59. The van der Waals surface area contributed by atoms with Gasteiger partial charge < -0.3 is 4.57 Å². The highest BCUT2D eigenvalue weighted by molar-refractivity contribution is 7.14. The summed E-state index contributed by atoms with van der Waals surface area (Å²) in [5, 5.41) is 6.13. The third-order valence-corrected chi connectivity index (χ3v) is 5.00. The number of aromatic nitrogens is 2. The van der Waals surface area contributed by atoms with Crippen molar-refractivity contribution in [2.75, 3.05) is 5.01 Å². The third kappa shape index (κ3) is 3.00. The lowest BCUT2D eigenvalue weighted by molar-refractivity contribution is -0.118. The number of thiophene rings is 1. The van der Waals surface area contributed by atoms with Crippen molar-refractivity contribution >= 4 is 28.6 Å². The van der Waals surface area contributed by atoms with Crippen molar-refractivity contribution in [1.29, 1.82) is 0 Å². The molecule has 0 saturated carbocycles. The SMILES string of the molecule is O=C1CCC(c2ccc(Cn3ccnc3)s2)=NN1c1ccccc1. The van der Waals surface area contributed by atoms with Gasteiger partial charge in [0.1, 0.15) is 0 Å². The van der Waals surface area contributed by atoms with Crippen molar-refractivity contribution in [3.63, 3.8) is 0 Å². The molecule has 0 N–H and O–H groups in total. The number of nitrogens with zero attached hydrogens (tertiary/aromatic N) is 4. The van der Waals surface area contributed by atoms with Gasteiger partial charge in [0, 0.05) is 30.1 Å². The first-order valence-electron chi connectivity index (χ1n) is 7.80. The van der Waals surface area contributed by atoms with Crippen LogP contribution in [-0.4, -0.2) is 21.2 Å². The Balaban J connectivity index is 1.59. The number of carbonyl (C=O) groups excluding carboxylic acids is 1. The van der Waals surface area contributed by atoms with Crippen LogP contribution in [0.2, 0.25) is 0 Å². The number of anilines is 1. The van der Waals surface area contributed by atoms with Gasteiger partial charge in [0.05, 0.1) is 29.1 Å². The Morgan fingerprint density at radius 3 is 2.75 bits per heavy atom. The summed E-state index contributed by atoms with van der Waals surface area (Å²) in [6.45, 7) is 0.805. The highest BCUT2D eigenvalue weighted by Crippen LogP contribution is 2.26. The van der Waals surface area contributed by atoms with Gasteiger partial charge in [-0.15, -0.1) is 11.3 Å². The van der Waals surface area contributed by atoms with E-state index in [-0.39, 0.29) is 5.91 Å². The van der Waals surface area contributed by atoms with Gasteiger partial charge in [-0.2, -0.15) is 5.10 Å². The molecule has 1 amide bonds. The summed E-state index contributed by atoms with van der Waals surface area (Å²) >= 11 is 1.72. The average molecular weight is 336 g/mol. The number of benzene rings is 1. The van der Waals surface area contributed by atoms with Crippen LogP contribution in [0.1, 0.15) is 22.6 Å². The van der Waals surface area contributed by atoms with Gasteiger partial charge in [0.2, 0.25) is 5.91 Å². The first-order chi connectivity index (χ1) is 11.8. The Morgan fingerprint density at radius 1 is 1.08 bits per heavy atom. The number of rotatable bonds is 4. The zero-order chi connectivity index (χ0) is 16.4. The first-order valence-corrected chi connectivity index (χ1v) is 8.61. The standard InChI is InChI=1S/C18H16N4OS/c23-18-9-7-16(20-22(18)14-4-2-1-3-5-14)17-8-6-15(24-17)12-21-11-10-19-13-21/h1-6,8,10-11,13H,7,9,12H2. The molecule has 0 aliphatic carbocycles. The smallest absolute Gasteiger partial charge is 0.247 e. The van der Waals surface area contributed by atoms with Crippen molar-refractivity contribution in [1.82, 2.24) is 9.55 Å². The molecule has 3 heterocycles. The molecular formula is C18H16N4OS. The van der Waals surface area contributed by atoms with Crippen LogP contribution in [0, 0.1) is 0 Å². The molecule has 6 heteroatoms. The van der Waals surface area contributed by atoms with Crippen LogP contribution in [-0.2, 0) is 11.3 Å². The number of para-hydroxylation sites is 1. The number of hydrazone groups is 1. The fourth-order valence-corrected chi connectivity index (χ4v) is 3.71. The van der Waals surface area contributed by atoms with E-state index in [9.17, 15) is 4.79 Å². The van der Waals surface area contributed by atoms with Crippen LogP contribution in [0.5, 0.6) is 0 Å². The summed E-state index contributed by atoms with van der Waals surface area (Å²) < 4.78 is 2.04. The molecule has 0 bridgehead atoms. The van der Waals surface area contributed by atoms with E-state index < -0.39 is 0 Å². The molecule has 5 nitrogen and oxygen atoms in total. The van der Waals surface area contributed by atoms with E-state index in [1.54, 1.807) is 17.5 Å². The van der Waals surface area contributed by atoms with Gasteiger partial charge in [0.25, 0.3) is 0 Å². The summed E-state index contributed by atoms with van der Waals surface area (Å²) in [6.07, 6.45) is 6.72. The first kappa shape index (κ1) is 14.8. The number of amides is 1. The molecule has 24 heavy (non-hydrogen) atoms. The lowest BCUT2D eigenvalue weighted by Gasteiger charge is -2.23. The molecule has 1 aliphatic heterocycles. The molecule has 2 aromatic heterocycles. The number of hydrogen-bond acceptors (Lipinski definition) is 4. The molecule has 0 fully saturated rings. The fraction of sp³-hybridized carbons (Fsp3) is 0.167. The zero-order valence-electron chi connectivity index (χ0n) is 13.0. The van der Waals surface area contributed by atoms with Crippen LogP contribution < -0.4 is 5.01 Å². The monoisotopic (exact) mass is 336 g/mol. The van der Waals surface area contributed by atoms with Crippen molar-refractivity contribution < 1.29 is 4.79 Å². The van der Waals surface area contributed by atoms with Crippen molar-refractivity contribution in [2.24, 2.45) is 5.10 Å². The predicted octanol–water partition coefficient (Wildman–Crippen LogP) is 3.52. The minimum absolute atomic E-state index is 0.0418. The summed E-state index contributed by atoms with van der Waals surface area (Å²) in [5.41, 5.74) is 1.79. The van der Waals surface area contributed by atoms with E-state index >= 15 is 0 Å². The molecule has 120 valence electrons. The normalized spacial score (nSPS) is 14.8. The van der Waals surface area contributed by atoms with E-state index in [2.05, 4.69) is 22.2 Å². The van der Waals surface area contributed by atoms with Crippen LogP contribution in [0.3, 0.4) is 0 Å². The number of hydrogen-bond donors (Lipinski definition) is 0. The van der Waals surface area contributed by atoms with Gasteiger partial charge in [-0.3, -0.25) is 4.79 Å². The Kier molecular flexibility index (Phi) is 3.96. The summed E-state index contributed by atoms with van der Waals surface area (Å²) in [5.74, 6) is 0.0418. The van der Waals surface area contributed by atoms with E-state index in [1.165, 1.54) is 9.89 Å². The summed E-state index contributed by atoms with van der Waals surface area (Å²) in [6, 6.07) is 13.8. The maximum atomic E-state index is 12.2. The van der Waals surface area contributed by atoms with E-state index in [4.69, 9.17) is 0 Å². The Morgan fingerprint density at radius 2 is 1.96 bits per heavy atom. The van der Waals surface area contributed by atoms with Crippen LogP contribution in [0.15, 0.2) is 66.3 Å². The molecule has 3 aromatic rings. The molecule has 0 atom stereocenters. The van der Waals surface area contributed by atoms with Crippen molar-refractivity contribution in [3.05, 3.63) is 70.9 Å². The molecule has 4 rings (SSSR count). The molecule has 0 spiro atoms. The van der Waals surface area contributed by atoms with E-state index in [0.717, 1.165) is 22.8 Å². The molecule has 0 saturated heterocycles. The van der Waals surface area contributed by atoms with Gasteiger partial charge in [-0.05, 0) is 24.3 Å². The molecule has 0 unspecified atom stereocenters. The van der Waals surface area contributed by atoms with E-state index in [0.29, 0.717) is 12.8 Å². The topological polar surface area (TPSA) is 50.5 Å². The van der Waals surface area contributed by atoms with Gasteiger partial charge in [-0.25, -0.2) is 9.99 Å². The quantitative estimate of drug-likeness (QED) is 0.732. The highest BCUT2D eigenvalue weighted by Gasteiger charge is 2.23. The maximum absolute atomic E-state index is 12.2. The van der Waals surface area contributed by atoms with Crippen LogP contribution >= 0.6 is 11.3 Å². The number of carbonyl (C=O) groups is 1. The summed E-state index contributed by atoms with van der Waals surface area (Å²) in [4.78, 5) is 18.6. The predicted molar refractivity (Wildman–Crippen MR) is 95.3 cm³/mol. The molecule has 1 aliphatic rings. The second-order valence-corrected chi connectivity index (χ2v) is 6.76. The second kappa shape index (κ2) is 6.41. The average Bonchev–Trinajstić information content (AvgIpc) is 3.29. The Labute approximate surface area is 143 Å². The lowest BCUT2D eigenvalue weighted by atomic mass is 10.1. The summed E-state index contributed by atoms with van der Waals surface area (Å²) in [7, 11) is 0. The fourth-order valence-electron chi connectivity index (χ4n) is 2.68. The third-order valence-electron chi connectivity index (χ3n) is 3.88. The van der Waals surface area contributed by atoms with Crippen LogP contribution in [0.25, 0.3) is 0 Å². The maximum Gasteiger partial charge on any atom is 0.247 e. The van der Waals surface area contributed by atoms with Crippen molar-refractivity contribution in [2.45, 2.75) is 19.4 Å². The molecular weight excluding hydrogens is 320 g/mol. The Bertz CT molecular complexity index is 868. The van der Waals surface area contributed by atoms with Gasteiger partial charge in [0.15, 0.2) is 0 Å². The van der Waals surface area contributed by atoms with Gasteiger partial charge in [-0.1, -0.05) is 18.2 Å². The highest BCUT2D eigenvalue weighted by atomic mass is 32.1. The number of imidazole rings is 1. The van der Waals surface area contributed by atoms with Crippen LogP contribution in [0.4, 0.5) is 5.69 Å². The lowest BCUT2D eigenvalue weighted by Crippen LogP contribution is -2.31. The Hall–Kier alpha value is -2.73. The largest absolute Gasteiger partial charge is 0.332 e. The molecule has 1 aromatic carbocycles. The van der Waals surface area contributed by atoms with E-state index in [1.807, 2.05) is 47.4 Å². The van der Waals surface area contributed by atoms with Gasteiger partial charge >= 0.3 is 0 Å². The zero-order valence-corrected chi connectivity index (χ0v) is 13.8. The van der Waals surface area contributed by atoms with Crippen molar-refractivity contribution in [3.8, 4) is 0 Å². The molecule has 0 radical (unpaired) electrons. The minimum Gasteiger partial charge on any atom is -0.332 e.